The largest absolute Gasteiger partial charge is 0.433 e. The molecule has 0 spiro atoms. The molecule has 136 valence electrons. The standard InChI is InChI=1S/C16H18F2N2O4S/c1-19-12-2-5-20-13-9-14(24-16(17)18)15(8-11(12)13)25(21,22)10-3-6-23-7-4-10/h2,5,8-10,16H,3-4,6-7H2,1H3,(H,19,20). The third-order valence-corrected chi connectivity index (χ3v) is 6.49. The molecule has 0 radical (unpaired) electrons. The average Bonchev–Trinajstić information content (AvgIpc) is 2.60. The van der Waals surface area contributed by atoms with Crippen LogP contribution in [0.5, 0.6) is 5.75 Å². The number of fused-ring (bicyclic) bond motifs is 1. The van der Waals surface area contributed by atoms with E-state index in [1.807, 2.05) is 0 Å². The molecule has 3 rings (SSSR count). The SMILES string of the molecule is CNc1ccnc2cc(OC(F)F)c(S(=O)(=O)C3CCOCC3)cc12. The van der Waals surface area contributed by atoms with Gasteiger partial charge in [0.15, 0.2) is 9.84 Å². The van der Waals surface area contributed by atoms with Gasteiger partial charge in [-0.15, -0.1) is 0 Å². The predicted octanol–water partition coefficient (Wildman–Crippen LogP) is 2.83. The number of aromatic nitrogens is 1. The molecule has 9 heteroatoms. The molecule has 1 N–H and O–H groups in total. The maximum Gasteiger partial charge on any atom is 0.387 e. The van der Waals surface area contributed by atoms with Gasteiger partial charge in [-0.3, -0.25) is 4.98 Å². The third kappa shape index (κ3) is 3.52. The summed E-state index contributed by atoms with van der Waals surface area (Å²) < 4.78 is 61.3. The zero-order valence-corrected chi connectivity index (χ0v) is 14.4. The second-order valence-electron chi connectivity index (χ2n) is 5.66. The van der Waals surface area contributed by atoms with Crippen molar-refractivity contribution in [2.75, 3.05) is 25.6 Å². The van der Waals surface area contributed by atoms with Crippen LogP contribution in [-0.4, -0.2) is 45.5 Å². The Morgan fingerprint density at radius 2 is 2.04 bits per heavy atom. The van der Waals surface area contributed by atoms with Crippen LogP contribution in [0, 0.1) is 0 Å². The minimum Gasteiger partial charge on any atom is -0.433 e. The molecule has 2 heterocycles. The molecule has 1 aliphatic rings. The Labute approximate surface area is 144 Å². The summed E-state index contributed by atoms with van der Waals surface area (Å²) in [6.45, 7) is -2.48. The molecule has 25 heavy (non-hydrogen) atoms. The van der Waals surface area contributed by atoms with E-state index >= 15 is 0 Å². The number of alkyl halides is 2. The molecule has 1 aromatic carbocycles. The van der Waals surface area contributed by atoms with Gasteiger partial charge in [-0.25, -0.2) is 8.42 Å². The lowest BCUT2D eigenvalue weighted by atomic mass is 10.2. The minimum atomic E-state index is -3.85. The number of rotatable bonds is 5. The first-order valence-corrected chi connectivity index (χ1v) is 9.35. The van der Waals surface area contributed by atoms with E-state index in [4.69, 9.17) is 4.74 Å². The summed E-state index contributed by atoms with van der Waals surface area (Å²) in [6.07, 6.45) is 2.15. The fraction of sp³-hybridized carbons (Fsp3) is 0.438. The first-order chi connectivity index (χ1) is 11.9. The minimum absolute atomic E-state index is 0.239. The van der Waals surface area contributed by atoms with Crippen molar-refractivity contribution in [3.05, 3.63) is 24.4 Å². The van der Waals surface area contributed by atoms with Gasteiger partial charge in [-0.05, 0) is 25.0 Å². The summed E-state index contributed by atoms with van der Waals surface area (Å²) in [5.41, 5.74) is 1.02. The van der Waals surface area contributed by atoms with Gasteiger partial charge in [0.1, 0.15) is 10.6 Å². The summed E-state index contributed by atoms with van der Waals surface area (Å²) in [6, 6.07) is 4.28. The molecule has 0 bridgehead atoms. The van der Waals surface area contributed by atoms with Crippen molar-refractivity contribution < 1.29 is 26.7 Å². The summed E-state index contributed by atoms with van der Waals surface area (Å²) in [5.74, 6) is -0.380. The lowest BCUT2D eigenvalue weighted by molar-refractivity contribution is -0.0516. The van der Waals surface area contributed by atoms with Crippen molar-refractivity contribution >= 4 is 26.4 Å². The van der Waals surface area contributed by atoms with E-state index in [-0.39, 0.29) is 10.6 Å². The number of hydrogen-bond acceptors (Lipinski definition) is 6. The van der Waals surface area contributed by atoms with Crippen LogP contribution < -0.4 is 10.1 Å². The van der Waals surface area contributed by atoms with E-state index in [9.17, 15) is 17.2 Å². The molecule has 6 nitrogen and oxygen atoms in total. The van der Waals surface area contributed by atoms with Crippen LogP contribution in [0.1, 0.15) is 12.8 Å². The van der Waals surface area contributed by atoms with Crippen LogP contribution in [0.3, 0.4) is 0 Å². The molecule has 1 saturated heterocycles. The van der Waals surface area contributed by atoms with Crippen molar-refractivity contribution in [1.82, 2.24) is 4.98 Å². The molecule has 0 saturated carbocycles. The zero-order chi connectivity index (χ0) is 18.0. The number of nitrogens with one attached hydrogen (secondary N) is 1. The topological polar surface area (TPSA) is 77.5 Å². The van der Waals surface area contributed by atoms with E-state index < -0.39 is 21.7 Å². The number of anilines is 1. The van der Waals surface area contributed by atoms with Gasteiger partial charge >= 0.3 is 6.61 Å². The fourth-order valence-electron chi connectivity index (χ4n) is 2.95. The Morgan fingerprint density at radius 3 is 2.68 bits per heavy atom. The molecular weight excluding hydrogens is 354 g/mol. The van der Waals surface area contributed by atoms with Gasteiger partial charge in [0.2, 0.25) is 0 Å². The highest BCUT2D eigenvalue weighted by molar-refractivity contribution is 7.92. The summed E-state index contributed by atoms with van der Waals surface area (Å²) >= 11 is 0. The van der Waals surface area contributed by atoms with Crippen LogP contribution in [0.2, 0.25) is 0 Å². The second-order valence-corrected chi connectivity index (χ2v) is 7.86. The van der Waals surface area contributed by atoms with Gasteiger partial charge < -0.3 is 14.8 Å². The number of sulfone groups is 1. The van der Waals surface area contributed by atoms with Gasteiger partial charge in [-0.1, -0.05) is 0 Å². The highest BCUT2D eigenvalue weighted by Crippen LogP contribution is 2.36. The summed E-state index contributed by atoms with van der Waals surface area (Å²) in [5, 5.41) is 2.78. The molecule has 0 atom stereocenters. The quantitative estimate of drug-likeness (QED) is 0.870. The molecule has 1 aromatic heterocycles. The number of halogens is 2. The Balaban J connectivity index is 2.19. The Morgan fingerprint density at radius 1 is 1.32 bits per heavy atom. The fourth-order valence-corrected chi connectivity index (χ4v) is 4.79. The number of hydrogen-bond donors (Lipinski definition) is 1. The average molecular weight is 372 g/mol. The van der Waals surface area contributed by atoms with Gasteiger partial charge in [-0.2, -0.15) is 8.78 Å². The van der Waals surface area contributed by atoms with Crippen LogP contribution in [0.4, 0.5) is 14.5 Å². The van der Waals surface area contributed by atoms with Crippen molar-refractivity contribution in [2.45, 2.75) is 29.6 Å². The molecular formula is C16H18F2N2O4S. The molecule has 2 aromatic rings. The van der Waals surface area contributed by atoms with Crippen molar-refractivity contribution in [3.63, 3.8) is 0 Å². The Bertz CT molecular complexity index is 868. The first kappa shape index (κ1) is 17.8. The number of nitrogens with zero attached hydrogens (tertiary/aromatic N) is 1. The molecule has 0 unspecified atom stereocenters. The highest BCUT2D eigenvalue weighted by Gasteiger charge is 2.33. The van der Waals surface area contributed by atoms with Crippen molar-refractivity contribution in [1.29, 1.82) is 0 Å². The predicted molar refractivity (Wildman–Crippen MR) is 88.9 cm³/mol. The second kappa shape index (κ2) is 7.09. The normalized spacial score (nSPS) is 16.3. The Kier molecular flexibility index (Phi) is 5.05. The van der Waals surface area contributed by atoms with E-state index in [2.05, 4.69) is 15.0 Å². The zero-order valence-electron chi connectivity index (χ0n) is 13.5. The third-order valence-electron chi connectivity index (χ3n) is 4.21. The van der Waals surface area contributed by atoms with Gasteiger partial charge in [0.05, 0.1) is 10.8 Å². The number of ether oxygens (including phenoxy) is 2. The van der Waals surface area contributed by atoms with Gasteiger partial charge in [0.25, 0.3) is 0 Å². The first-order valence-electron chi connectivity index (χ1n) is 7.80. The maximum absolute atomic E-state index is 13.0. The van der Waals surface area contributed by atoms with E-state index in [0.29, 0.717) is 42.6 Å². The molecule has 1 aliphatic heterocycles. The maximum atomic E-state index is 13.0. The monoisotopic (exact) mass is 372 g/mol. The van der Waals surface area contributed by atoms with Crippen molar-refractivity contribution in [2.24, 2.45) is 0 Å². The molecule has 1 fully saturated rings. The van der Waals surface area contributed by atoms with E-state index in [1.54, 1.807) is 13.1 Å². The Hall–Kier alpha value is -2.00. The smallest absolute Gasteiger partial charge is 0.387 e. The lowest BCUT2D eigenvalue weighted by Crippen LogP contribution is -2.29. The van der Waals surface area contributed by atoms with Gasteiger partial charge in [0, 0.05) is 43.6 Å². The van der Waals surface area contributed by atoms with E-state index in [0.717, 1.165) is 0 Å². The summed E-state index contributed by atoms with van der Waals surface area (Å²) in [4.78, 5) is 3.87. The number of pyridine rings is 1. The lowest BCUT2D eigenvalue weighted by Gasteiger charge is -2.23. The van der Waals surface area contributed by atoms with Crippen molar-refractivity contribution in [3.8, 4) is 5.75 Å². The molecule has 0 aliphatic carbocycles. The van der Waals surface area contributed by atoms with Crippen LogP contribution >= 0.6 is 0 Å². The van der Waals surface area contributed by atoms with Crippen LogP contribution in [-0.2, 0) is 14.6 Å². The van der Waals surface area contributed by atoms with Crippen LogP contribution in [0.25, 0.3) is 10.9 Å². The van der Waals surface area contributed by atoms with E-state index in [1.165, 1.54) is 18.3 Å². The highest BCUT2D eigenvalue weighted by atomic mass is 32.2. The molecule has 0 amide bonds. The summed E-state index contributed by atoms with van der Waals surface area (Å²) in [7, 11) is -2.16. The number of benzene rings is 1. The van der Waals surface area contributed by atoms with Crippen LogP contribution in [0.15, 0.2) is 29.3 Å².